The Morgan fingerprint density at radius 2 is 2.20 bits per heavy atom. The number of aryl methyl sites for hydroxylation is 1. The Labute approximate surface area is 95.6 Å². The summed E-state index contributed by atoms with van der Waals surface area (Å²) in [6.45, 7) is 8.52. The topological polar surface area (TPSA) is 0 Å². The van der Waals surface area contributed by atoms with E-state index >= 15 is 0 Å². The molecule has 1 aliphatic rings. The van der Waals surface area contributed by atoms with Gasteiger partial charge in [-0.15, -0.1) is 11.3 Å². The summed E-state index contributed by atoms with van der Waals surface area (Å²) in [7, 11) is 0. The van der Waals surface area contributed by atoms with E-state index in [0.717, 1.165) is 6.42 Å². The largest absolute Gasteiger partial charge is 0.148 e. The van der Waals surface area contributed by atoms with Crippen LogP contribution >= 0.6 is 11.3 Å². The first-order valence-electron chi connectivity index (χ1n) is 5.32. The summed E-state index contributed by atoms with van der Waals surface area (Å²) in [5.41, 5.74) is 5.33. The van der Waals surface area contributed by atoms with Gasteiger partial charge in [0.05, 0.1) is 0 Å². The molecule has 0 saturated heterocycles. The van der Waals surface area contributed by atoms with Crippen LogP contribution < -0.4 is 0 Å². The number of fused-ring (bicyclic) bond motifs is 1. The summed E-state index contributed by atoms with van der Waals surface area (Å²) < 4.78 is 0. The van der Waals surface area contributed by atoms with Gasteiger partial charge in [0.15, 0.2) is 0 Å². The van der Waals surface area contributed by atoms with Gasteiger partial charge >= 0.3 is 0 Å². The highest BCUT2D eigenvalue weighted by atomic mass is 32.1. The van der Waals surface area contributed by atoms with Gasteiger partial charge in [-0.05, 0) is 54.8 Å². The molecule has 1 aliphatic carbocycles. The summed E-state index contributed by atoms with van der Waals surface area (Å²) in [6, 6.07) is 2.20. The molecule has 1 heterocycles. The van der Waals surface area contributed by atoms with Crippen LogP contribution in [0.1, 0.15) is 30.7 Å². The van der Waals surface area contributed by atoms with Gasteiger partial charge in [0.25, 0.3) is 0 Å². The van der Waals surface area contributed by atoms with Crippen LogP contribution in [0.3, 0.4) is 0 Å². The standard InChI is InChI=1S/C14H16S/c1-4-5-12-10(2)6-7-14-13(11(12)3)8-9-15-14/h4-5,8-9H,3,6-7H2,1-2H3/b5-4-. The maximum atomic E-state index is 4.24. The van der Waals surface area contributed by atoms with Crippen LogP contribution in [0.25, 0.3) is 5.57 Å². The van der Waals surface area contributed by atoms with Crippen molar-refractivity contribution in [3.05, 3.63) is 51.8 Å². The zero-order chi connectivity index (χ0) is 10.8. The molecule has 0 atom stereocenters. The smallest absolute Gasteiger partial charge is 0.0127 e. The van der Waals surface area contributed by atoms with Crippen LogP contribution in [0.4, 0.5) is 0 Å². The molecule has 0 N–H and O–H groups in total. The molecule has 0 nitrogen and oxygen atoms in total. The first-order valence-corrected chi connectivity index (χ1v) is 6.20. The van der Waals surface area contributed by atoms with Gasteiger partial charge in [-0.25, -0.2) is 0 Å². The number of allylic oxidation sites excluding steroid dienone is 5. The average molecular weight is 216 g/mol. The quantitative estimate of drug-likeness (QED) is 0.643. The Morgan fingerprint density at radius 1 is 1.40 bits per heavy atom. The van der Waals surface area contributed by atoms with Crippen molar-refractivity contribution in [3.63, 3.8) is 0 Å². The van der Waals surface area contributed by atoms with E-state index in [1.807, 2.05) is 11.3 Å². The van der Waals surface area contributed by atoms with Crippen LogP contribution in [0.5, 0.6) is 0 Å². The van der Waals surface area contributed by atoms with Gasteiger partial charge in [0.2, 0.25) is 0 Å². The molecule has 78 valence electrons. The van der Waals surface area contributed by atoms with Crippen molar-refractivity contribution in [1.29, 1.82) is 0 Å². The molecule has 1 aromatic rings. The maximum absolute atomic E-state index is 4.24. The molecule has 0 fully saturated rings. The highest BCUT2D eigenvalue weighted by Gasteiger charge is 2.16. The van der Waals surface area contributed by atoms with E-state index in [4.69, 9.17) is 0 Å². The molecule has 0 radical (unpaired) electrons. The van der Waals surface area contributed by atoms with Crippen molar-refractivity contribution in [3.8, 4) is 0 Å². The zero-order valence-corrected chi connectivity index (χ0v) is 10.2. The van der Waals surface area contributed by atoms with E-state index in [1.54, 1.807) is 0 Å². The van der Waals surface area contributed by atoms with Crippen LogP contribution in [0.2, 0.25) is 0 Å². The van der Waals surface area contributed by atoms with Crippen molar-refractivity contribution < 1.29 is 0 Å². The van der Waals surface area contributed by atoms with Gasteiger partial charge in [0, 0.05) is 4.88 Å². The van der Waals surface area contributed by atoms with E-state index in [9.17, 15) is 0 Å². The molecule has 1 heteroatoms. The lowest BCUT2D eigenvalue weighted by molar-refractivity contribution is 0.961. The fourth-order valence-corrected chi connectivity index (χ4v) is 2.96. The SMILES string of the molecule is C=C1C(/C=C\C)=C(C)CCc2sccc21. The third-order valence-electron chi connectivity index (χ3n) is 2.92. The van der Waals surface area contributed by atoms with Crippen molar-refractivity contribution in [2.24, 2.45) is 0 Å². The normalized spacial score (nSPS) is 17.1. The van der Waals surface area contributed by atoms with Gasteiger partial charge in [0.1, 0.15) is 0 Å². The highest BCUT2D eigenvalue weighted by molar-refractivity contribution is 7.10. The second kappa shape index (κ2) is 4.19. The van der Waals surface area contributed by atoms with E-state index in [1.165, 1.54) is 33.6 Å². The molecule has 0 amide bonds. The Bertz CT molecular complexity index is 444. The van der Waals surface area contributed by atoms with Crippen molar-refractivity contribution in [2.75, 3.05) is 0 Å². The zero-order valence-electron chi connectivity index (χ0n) is 9.34. The lowest BCUT2D eigenvalue weighted by Crippen LogP contribution is -1.86. The monoisotopic (exact) mass is 216 g/mol. The predicted octanol–water partition coefficient (Wildman–Crippen LogP) is 4.60. The molecule has 0 spiro atoms. The van der Waals surface area contributed by atoms with Gasteiger partial charge in [-0.1, -0.05) is 24.3 Å². The molecule has 15 heavy (non-hydrogen) atoms. The lowest BCUT2D eigenvalue weighted by Gasteiger charge is -2.07. The van der Waals surface area contributed by atoms with Crippen molar-refractivity contribution in [1.82, 2.24) is 0 Å². The maximum Gasteiger partial charge on any atom is 0.0127 e. The number of rotatable bonds is 1. The molecule has 0 saturated carbocycles. The average Bonchev–Trinajstić information content (AvgIpc) is 2.66. The van der Waals surface area contributed by atoms with Crippen LogP contribution in [0, 0.1) is 0 Å². The highest BCUT2D eigenvalue weighted by Crippen LogP contribution is 2.35. The van der Waals surface area contributed by atoms with E-state index in [-0.39, 0.29) is 0 Å². The number of hydrogen-bond acceptors (Lipinski definition) is 1. The third kappa shape index (κ3) is 1.84. The Hall–Kier alpha value is -1.08. The molecule has 0 bridgehead atoms. The van der Waals surface area contributed by atoms with Gasteiger partial charge in [-0.3, -0.25) is 0 Å². The van der Waals surface area contributed by atoms with Crippen molar-refractivity contribution >= 4 is 16.9 Å². The number of thiophene rings is 1. The molecular formula is C14H16S. The minimum atomic E-state index is 1.16. The predicted molar refractivity (Wildman–Crippen MR) is 69.2 cm³/mol. The van der Waals surface area contributed by atoms with Crippen LogP contribution in [0.15, 0.2) is 41.3 Å². The van der Waals surface area contributed by atoms with Crippen LogP contribution in [-0.2, 0) is 6.42 Å². The summed E-state index contributed by atoms with van der Waals surface area (Å²) in [5, 5.41) is 2.17. The van der Waals surface area contributed by atoms with E-state index < -0.39 is 0 Å². The van der Waals surface area contributed by atoms with Gasteiger partial charge < -0.3 is 0 Å². The van der Waals surface area contributed by atoms with E-state index in [2.05, 4.69) is 44.0 Å². The Morgan fingerprint density at radius 3 is 2.93 bits per heavy atom. The molecule has 0 aliphatic heterocycles. The lowest BCUT2D eigenvalue weighted by atomic mass is 9.98. The molecular weight excluding hydrogens is 200 g/mol. The first-order chi connectivity index (χ1) is 7.24. The Kier molecular flexibility index (Phi) is 2.92. The molecule has 0 unspecified atom stereocenters. The number of hydrogen-bond donors (Lipinski definition) is 0. The molecule has 1 aromatic heterocycles. The fourth-order valence-electron chi connectivity index (χ4n) is 2.05. The minimum Gasteiger partial charge on any atom is -0.148 e. The first kappa shape index (κ1) is 10.4. The molecule has 0 aromatic carbocycles. The minimum absolute atomic E-state index is 1.16. The van der Waals surface area contributed by atoms with Crippen LogP contribution in [-0.4, -0.2) is 0 Å². The van der Waals surface area contributed by atoms with Crippen molar-refractivity contribution in [2.45, 2.75) is 26.7 Å². The molecule has 2 rings (SSSR count). The third-order valence-corrected chi connectivity index (χ3v) is 3.90. The second-order valence-corrected chi connectivity index (χ2v) is 4.93. The summed E-state index contributed by atoms with van der Waals surface area (Å²) >= 11 is 1.85. The second-order valence-electron chi connectivity index (χ2n) is 3.93. The Balaban J connectivity index is 2.51. The summed E-state index contributed by atoms with van der Waals surface area (Å²) in [4.78, 5) is 1.49. The fraction of sp³-hybridized carbons (Fsp3) is 0.286. The van der Waals surface area contributed by atoms with Gasteiger partial charge in [-0.2, -0.15) is 0 Å². The summed E-state index contributed by atoms with van der Waals surface area (Å²) in [6.07, 6.45) is 6.61. The van der Waals surface area contributed by atoms with E-state index in [0.29, 0.717) is 0 Å². The summed E-state index contributed by atoms with van der Waals surface area (Å²) in [5.74, 6) is 0.